The summed E-state index contributed by atoms with van der Waals surface area (Å²) >= 11 is 0. The molecule has 0 spiro atoms. The summed E-state index contributed by atoms with van der Waals surface area (Å²) in [6.07, 6.45) is 5.23. The van der Waals surface area contributed by atoms with Crippen LogP contribution in [-0.4, -0.2) is 33.2 Å². The number of hydrogen-bond donors (Lipinski definition) is 0. The maximum absolute atomic E-state index is 10.8. The molecule has 0 bridgehead atoms. The summed E-state index contributed by atoms with van der Waals surface area (Å²) in [5.74, 6) is 0. The fourth-order valence-corrected chi connectivity index (χ4v) is 1.92. The SMILES string of the molecule is CN1CCCC1=Cc1c([N+](=O)[O-])cnn1C. The number of aromatic nitrogens is 2. The number of hydrogen-bond acceptors (Lipinski definition) is 4. The van der Waals surface area contributed by atoms with Gasteiger partial charge in [-0.2, -0.15) is 5.10 Å². The van der Waals surface area contributed by atoms with Crippen LogP contribution < -0.4 is 0 Å². The van der Waals surface area contributed by atoms with Crippen molar-refractivity contribution in [3.63, 3.8) is 0 Å². The molecule has 2 heterocycles. The predicted octanol–water partition coefficient (Wildman–Crippen LogP) is 1.39. The van der Waals surface area contributed by atoms with Crippen molar-refractivity contribution in [1.29, 1.82) is 0 Å². The van der Waals surface area contributed by atoms with E-state index >= 15 is 0 Å². The van der Waals surface area contributed by atoms with Gasteiger partial charge in [-0.1, -0.05) is 0 Å². The Kier molecular flexibility index (Phi) is 2.64. The van der Waals surface area contributed by atoms with E-state index in [1.165, 1.54) is 10.9 Å². The maximum atomic E-state index is 10.8. The molecule has 6 heteroatoms. The topological polar surface area (TPSA) is 64.2 Å². The van der Waals surface area contributed by atoms with E-state index < -0.39 is 4.92 Å². The largest absolute Gasteiger partial charge is 0.378 e. The lowest BCUT2D eigenvalue weighted by molar-refractivity contribution is -0.385. The van der Waals surface area contributed by atoms with Crippen LogP contribution in [0.4, 0.5) is 5.69 Å². The van der Waals surface area contributed by atoms with E-state index in [1.807, 2.05) is 13.1 Å². The van der Waals surface area contributed by atoms with Gasteiger partial charge in [0.05, 0.1) is 4.92 Å². The Morgan fingerprint density at radius 1 is 1.56 bits per heavy atom. The van der Waals surface area contributed by atoms with Crippen LogP contribution in [0.3, 0.4) is 0 Å². The summed E-state index contributed by atoms with van der Waals surface area (Å²) in [7, 11) is 3.72. The van der Waals surface area contributed by atoms with Gasteiger partial charge >= 0.3 is 5.69 Å². The molecular weight excluding hydrogens is 208 g/mol. The Balaban J connectivity index is 2.40. The molecule has 86 valence electrons. The molecule has 0 atom stereocenters. The number of likely N-dealkylation sites (tertiary alicyclic amines) is 1. The first-order chi connectivity index (χ1) is 7.59. The van der Waals surface area contributed by atoms with Crippen LogP contribution in [0, 0.1) is 10.1 Å². The van der Waals surface area contributed by atoms with E-state index in [-0.39, 0.29) is 5.69 Å². The van der Waals surface area contributed by atoms with E-state index in [0.717, 1.165) is 25.1 Å². The monoisotopic (exact) mass is 222 g/mol. The van der Waals surface area contributed by atoms with E-state index in [0.29, 0.717) is 5.69 Å². The lowest BCUT2D eigenvalue weighted by atomic mass is 10.2. The average Bonchev–Trinajstić information content (AvgIpc) is 2.76. The molecule has 2 rings (SSSR count). The molecule has 1 aliphatic rings. The summed E-state index contributed by atoms with van der Waals surface area (Å²) in [6.45, 7) is 1.01. The second kappa shape index (κ2) is 3.96. The standard InChI is InChI=1S/C10H14N4O2/c1-12-5-3-4-8(12)6-9-10(14(15)16)7-11-13(9)2/h6-7H,3-5H2,1-2H3. The fourth-order valence-electron chi connectivity index (χ4n) is 1.92. The Morgan fingerprint density at radius 2 is 2.31 bits per heavy atom. The summed E-state index contributed by atoms with van der Waals surface area (Å²) in [5, 5.41) is 14.7. The third-order valence-corrected chi connectivity index (χ3v) is 2.88. The van der Waals surface area contributed by atoms with Gasteiger partial charge in [0.1, 0.15) is 11.9 Å². The Morgan fingerprint density at radius 3 is 2.88 bits per heavy atom. The molecule has 1 fully saturated rings. The quantitative estimate of drug-likeness (QED) is 0.560. The molecule has 0 aliphatic carbocycles. The van der Waals surface area contributed by atoms with Gasteiger partial charge in [0, 0.05) is 26.3 Å². The van der Waals surface area contributed by atoms with Crippen LogP contribution >= 0.6 is 0 Å². The molecule has 1 saturated heterocycles. The number of nitrogens with zero attached hydrogens (tertiary/aromatic N) is 4. The summed E-state index contributed by atoms with van der Waals surface area (Å²) in [6, 6.07) is 0. The Bertz CT molecular complexity index is 450. The summed E-state index contributed by atoms with van der Waals surface area (Å²) < 4.78 is 1.54. The average molecular weight is 222 g/mol. The van der Waals surface area contributed by atoms with E-state index in [1.54, 1.807) is 7.05 Å². The third kappa shape index (κ3) is 1.78. The number of allylic oxidation sites excluding steroid dienone is 1. The van der Waals surface area contributed by atoms with Gasteiger partial charge in [0.25, 0.3) is 0 Å². The lowest BCUT2D eigenvalue weighted by Gasteiger charge is -2.12. The van der Waals surface area contributed by atoms with Crippen molar-refractivity contribution in [2.45, 2.75) is 12.8 Å². The minimum absolute atomic E-state index is 0.0651. The number of rotatable bonds is 2. The molecule has 1 aliphatic heterocycles. The second-order valence-electron chi connectivity index (χ2n) is 3.96. The molecule has 0 saturated carbocycles. The number of nitro groups is 1. The summed E-state index contributed by atoms with van der Waals surface area (Å²) in [5.41, 5.74) is 1.76. The van der Waals surface area contributed by atoms with Crippen molar-refractivity contribution in [1.82, 2.24) is 14.7 Å². The van der Waals surface area contributed by atoms with Crippen molar-refractivity contribution >= 4 is 11.8 Å². The molecule has 16 heavy (non-hydrogen) atoms. The highest BCUT2D eigenvalue weighted by Gasteiger charge is 2.20. The van der Waals surface area contributed by atoms with E-state index in [4.69, 9.17) is 0 Å². The minimum Gasteiger partial charge on any atom is -0.378 e. The van der Waals surface area contributed by atoms with Gasteiger partial charge in [0.2, 0.25) is 0 Å². The summed E-state index contributed by atoms with van der Waals surface area (Å²) in [4.78, 5) is 12.5. The van der Waals surface area contributed by atoms with Crippen molar-refractivity contribution in [2.24, 2.45) is 7.05 Å². The molecule has 0 radical (unpaired) electrons. The zero-order valence-corrected chi connectivity index (χ0v) is 9.38. The van der Waals surface area contributed by atoms with Gasteiger partial charge in [-0.15, -0.1) is 0 Å². The molecule has 1 aromatic heterocycles. The molecule has 6 nitrogen and oxygen atoms in total. The third-order valence-electron chi connectivity index (χ3n) is 2.88. The van der Waals surface area contributed by atoms with Crippen molar-refractivity contribution in [2.75, 3.05) is 13.6 Å². The first kappa shape index (κ1) is 10.7. The van der Waals surface area contributed by atoms with Gasteiger partial charge in [0.15, 0.2) is 0 Å². The highest BCUT2D eigenvalue weighted by molar-refractivity contribution is 5.59. The molecule has 1 aromatic rings. The van der Waals surface area contributed by atoms with Gasteiger partial charge in [-0.3, -0.25) is 14.8 Å². The zero-order chi connectivity index (χ0) is 11.7. The predicted molar refractivity (Wildman–Crippen MR) is 59.7 cm³/mol. The fraction of sp³-hybridized carbons (Fsp3) is 0.500. The van der Waals surface area contributed by atoms with Crippen molar-refractivity contribution in [3.8, 4) is 0 Å². The molecule has 0 amide bonds. The maximum Gasteiger partial charge on any atom is 0.314 e. The molecule has 0 aromatic carbocycles. The first-order valence-electron chi connectivity index (χ1n) is 5.17. The van der Waals surface area contributed by atoms with Crippen LogP contribution in [0.1, 0.15) is 18.5 Å². The van der Waals surface area contributed by atoms with Crippen LogP contribution in [0.25, 0.3) is 6.08 Å². The minimum atomic E-state index is -0.394. The van der Waals surface area contributed by atoms with Crippen molar-refractivity contribution < 1.29 is 4.92 Å². The van der Waals surface area contributed by atoms with Crippen molar-refractivity contribution in [3.05, 3.63) is 27.7 Å². The van der Waals surface area contributed by atoms with E-state index in [2.05, 4.69) is 10.00 Å². The second-order valence-corrected chi connectivity index (χ2v) is 3.96. The zero-order valence-electron chi connectivity index (χ0n) is 9.38. The van der Waals surface area contributed by atoms with Gasteiger partial charge < -0.3 is 4.90 Å². The van der Waals surface area contributed by atoms with Crippen LogP contribution in [0.15, 0.2) is 11.9 Å². The Hall–Kier alpha value is -1.85. The van der Waals surface area contributed by atoms with E-state index in [9.17, 15) is 10.1 Å². The molecule has 0 unspecified atom stereocenters. The molecular formula is C10H14N4O2. The Labute approximate surface area is 93.3 Å². The molecule has 0 N–H and O–H groups in total. The highest BCUT2D eigenvalue weighted by atomic mass is 16.6. The van der Waals surface area contributed by atoms with Gasteiger partial charge in [-0.25, -0.2) is 0 Å². The first-order valence-corrected chi connectivity index (χ1v) is 5.17. The lowest BCUT2D eigenvalue weighted by Crippen LogP contribution is -2.10. The van der Waals surface area contributed by atoms with Crippen LogP contribution in [-0.2, 0) is 7.05 Å². The normalized spacial score (nSPS) is 18.4. The number of aryl methyl sites for hydroxylation is 1. The van der Waals surface area contributed by atoms with Crippen LogP contribution in [0.5, 0.6) is 0 Å². The smallest absolute Gasteiger partial charge is 0.314 e. The van der Waals surface area contributed by atoms with Gasteiger partial charge in [-0.05, 0) is 18.9 Å². The van der Waals surface area contributed by atoms with Crippen LogP contribution in [0.2, 0.25) is 0 Å². The highest BCUT2D eigenvalue weighted by Crippen LogP contribution is 2.25.